The van der Waals surface area contributed by atoms with Gasteiger partial charge in [0.25, 0.3) is 0 Å². The van der Waals surface area contributed by atoms with Crippen LogP contribution in [0, 0.1) is 17.8 Å². The summed E-state index contributed by atoms with van der Waals surface area (Å²) < 4.78 is 9.38. The Hall–Kier alpha value is -1.10. The molecular formula is C14H22N2O2S. The maximum absolute atomic E-state index is 12.0. The number of aryl methyl sites for hydroxylation is 1. The van der Waals surface area contributed by atoms with Crippen molar-refractivity contribution >= 4 is 22.5 Å². The number of esters is 1. The average molecular weight is 282 g/mol. The van der Waals surface area contributed by atoms with Crippen molar-refractivity contribution in [3.63, 3.8) is 0 Å². The van der Waals surface area contributed by atoms with Crippen LogP contribution in [0.3, 0.4) is 0 Å². The van der Waals surface area contributed by atoms with E-state index < -0.39 is 0 Å². The first-order valence-corrected chi connectivity index (χ1v) is 7.40. The van der Waals surface area contributed by atoms with Crippen molar-refractivity contribution in [2.45, 2.75) is 47.6 Å². The van der Waals surface area contributed by atoms with E-state index in [1.165, 1.54) is 11.5 Å². The van der Waals surface area contributed by atoms with E-state index in [1.807, 2.05) is 13.8 Å². The van der Waals surface area contributed by atoms with Crippen LogP contribution in [-0.2, 0) is 4.74 Å². The number of aromatic nitrogens is 1. The molecule has 0 amide bonds. The minimum Gasteiger partial charge on any atom is -0.462 e. The van der Waals surface area contributed by atoms with E-state index in [2.05, 4.69) is 37.4 Å². The van der Waals surface area contributed by atoms with Gasteiger partial charge < -0.3 is 10.1 Å². The number of nitrogens with zero attached hydrogens (tertiary/aromatic N) is 1. The molecule has 0 atom stereocenters. The van der Waals surface area contributed by atoms with Gasteiger partial charge in [-0.1, -0.05) is 27.7 Å². The molecule has 1 aromatic rings. The Kier molecular flexibility index (Phi) is 3.37. The quantitative estimate of drug-likeness (QED) is 0.859. The number of carbonyl (C=O) groups excluding carboxylic acids is 1. The van der Waals surface area contributed by atoms with Crippen molar-refractivity contribution in [1.29, 1.82) is 0 Å². The second-order valence-electron chi connectivity index (χ2n) is 6.21. The normalized spacial score (nSPS) is 20.1. The van der Waals surface area contributed by atoms with Crippen LogP contribution in [0.4, 0.5) is 5.00 Å². The first kappa shape index (κ1) is 14.3. The van der Waals surface area contributed by atoms with Gasteiger partial charge in [-0.25, -0.2) is 4.79 Å². The molecular weight excluding hydrogens is 260 g/mol. The number of carbonyl (C=O) groups is 1. The zero-order chi connectivity index (χ0) is 14.4. The molecule has 1 N–H and O–H groups in total. The van der Waals surface area contributed by atoms with Crippen LogP contribution in [0.5, 0.6) is 0 Å². The standard InChI is InChI=1S/C14H22N2O2S/c1-7-18-11(17)9-8(2)16-19-10(9)15-12-13(3,4)14(12,5)6/h12,15H,7H2,1-6H3. The largest absolute Gasteiger partial charge is 0.462 e. The molecule has 1 aromatic heterocycles. The van der Waals surface area contributed by atoms with Gasteiger partial charge in [0.1, 0.15) is 10.6 Å². The molecule has 1 heterocycles. The van der Waals surface area contributed by atoms with Crippen molar-refractivity contribution in [3.05, 3.63) is 11.3 Å². The number of ether oxygens (including phenoxy) is 1. The fraction of sp³-hybridized carbons (Fsp3) is 0.714. The molecule has 0 aliphatic heterocycles. The SMILES string of the molecule is CCOC(=O)c1c(C)nsc1NC1C(C)(C)C1(C)C. The molecule has 0 bridgehead atoms. The lowest BCUT2D eigenvalue weighted by Crippen LogP contribution is -2.13. The molecule has 0 aromatic carbocycles. The van der Waals surface area contributed by atoms with Crippen LogP contribution in [-0.4, -0.2) is 23.0 Å². The summed E-state index contributed by atoms with van der Waals surface area (Å²) in [5.74, 6) is -0.285. The maximum atomic E-state index is 12.0. The van der Waals surface area contributed by atoms with Gasteiger partial charge in [-0.05, 0) is 36.2 Å². The molecule has 0 unspecified atom stereocenters. The van der Waals surface area contributed by atoms with E-state index in [1.54, 1.807) is 0 Å². The lowest BCUT2D eigenvalue weighted by Gasteiger charge is -2.08. The molecule has 106 valence electrons. The average Bonchev–Trinajstić information content (AvgIpc) is 2.62. The number of rotatable bonds is 4. The first-order valence-electron chi connectivity index (χ1n) is 6.63. The van der Waals surface area contributed by atoms with Crippen molar-refractivity contribution in [2.75, 3.05) is 11.9 Å². The second-order valence-corrected chi connectivity index (χ2v) is 6.99. The van der Waals surface area contributed by atoms with Gasteiger partial charge in [-0.2, -0.15) is 4.37 Å². The molecule has 5 heteroatoms. The van der Waals surface area contributed by atoms with Crippen LogP contribution in [0.25, 0.3) is 0 Å². The molecule has 4 nitrogen and oxygen atoms in total. The summed E-state index contributed by atoms with van der Waals surface area (Å²) in [5, 5.41) is 4.31. The third-order valence-electron chi connectivity index (χ3n) is 4.64. The Balaban J connectivity index is 2.22. The van der Waals surface area contributed by atoms with Crippen LogP contribution < -0.4 is 5.32 Å². The molecule has 1 saturated carbocycles. The minimum atomic E-state index is -0.285. The minimum absolute atomic E-state index is 0.219. The van der Waals surface area contributed by atoms with Gasteiger partial charge in [0.15, 0.2) is 0 Å². The number of hydrogen-bond acceptors (Lipinski definition) is 5. The Morgan fingerprint density at radius 1 is 1.37 bits per heavy atom. The Bertz CT molecular complexity index is 492. The van der Waals surface area contributed by atoms with E-state index in [0.29, 0.717) is 18.2 Å². The van der Waals surface area contributed by atoms with E-state index in [9.17, 15) is 4.79 Å². The van der Waals surface area contributed by atoms with Crippen molar-refractivity contribution in [1.82, 2.24) is 4.37 Å². The van der Waals surface area contributed by atoms with Crippen molar-refractivity contribution in [3.8, 4) is 0 Å². The van der Waals surface area contributed by atoms with Crippen LogP contribution in [0.15, 0.2) is 0 Å². The summed E-state index contributed by atoms with van der Waals surface area (Å²) in [4.78, 5) is 12.0. The molecule has 1 fully saturated rings. The highest BCUT2D eigenvalue weighted by molar-refractivity contribution is 7.10. The third kappa shape index (κ3) is 2.14. The zero-order valence-electron chi connectivity index (χ0n) is 12.5. The molecule has 0 radical (unpaired) electrons. The van der Waals surface area contributed by atoms with E-state index in [0.717, 1.165) is 10.7 Å². The Labute approximate surface area is 118 Å². The highest BCUT2D eigenvalue weighted by atomic mass is 32.1. The maximum Gasteiger partial charge on any atom is 0.343 e. The Morgan fingerprint density at radius 3 is 2.42 bits per heavy atom. The summed E-state index contributed by atoms with van der Waals surface area (Å²) in [7, 11) is 0. The molecule has 1 aliphatic rings. The van der Waals surface area contributed by atoms with E-state index >= 15 is 0 Å². The van der Waals surface area contributed by atoms with Gasteiger partial charge in [0.05, 0.1) is 12.3 Å². The highest BCUT2D eigenvalue weighted by Crippen LogP contribution is 2.64. The van der Waals surface area contributed by atoms with Crippen molar-refractivity contribution < 1.29 is 9.53 Å². The van der Waals surface area contributed by atoms with Crippen molar-refractivity contribution in [2.24, 2.45) is 10.8 Å². The van der Waals surface area contributed by atoms with Crippen LogP contribution >= 0.6 is 11.5 Å². The molecule has 2 rings (SSSR count). The molecule has 19 heavy (non-hydrogen) atoms. The van der Waals surface area contributed by atoms with Gasteiger partial charge in [-0.15, -0.1) is 0 Å². The van der Waals surface area contributed by atoms with Crippen LogP contribution in [0.1, 0.15) is 50.7 Å². The van der Waals surface area contributed by atoms with E-state index in [4.69, 9.17) is 4.74 Å². The molecule has 0 spiro atoms. The summed E-state index contributed by atoms with van der Waals surface area (Å²) >= 11 is 1.34. The summed E-state index contributed by atoms with van der Waals surface area (Å²) in [6, 6.07) is 0.355. The predicted octanol–water partition coefficient (Wildman–Crippen LogP) is 3.47. The van der Waals surface area contributed by atoms with Crippen LogP contribution in [0.2, 0.25) is 0 Å². The lowest BCUT2D eigenvalue weighted by molar-refractivity contribution is 0.0527. The van der Waals surface area contributed by atoms with Gasteiger partial charge >= 0.3 is 5.97 Å². The lowest BCUT2D eigenvalue weighted by atomic mass is 10.0. The summed E-state index contributed by atoms with van der Waals surface area (Å²) in [6.07, 6.45) is 0. The topological polar surface area (TPSA) is 51.2 Å². The smallest absolute Gasteiger partial charge is 0.343 e. The van der Waals surface area contributed by atoms with Gasteiger partial charge in [-0.3, -0.25) is 0 Å². The van der Waals surface area contributed by atoms with Gasteiger partial charge in [0.2, 0.25) is 0 Å². The molecule has 1 aliphatic carbocycles. The molecule has 0 saturated heterocycles. The Morgan fingerprint density at radius 2 is 1.95 bits per heavy atom. The number of hydrogen-bond donors (Lipinski definition) is 1. The third-order valence-corrected chi connectivity index (χ3v) is 5.51. The summed E-state index contributed by atoms with van der Waals surface area (Å²) in [5.41, 5.74) is 1.76. The first-order chi connectivity index (χ1) is 8.73. The summed E-state index contributed by atoms with van der Waals surface area (Å²) in [6.45, 7) is 13.0. The zero-order valence-corrected chi connectivity index (χ0v) is 13.3. The fourth-order valence-corrected chi connectivity index (χ4v) is 3.41. The predicted molar refractivity (Wildman–Crippen MR) is 77.8 cm³/mol. The van der Waals surface area contributed by atoms with Gasteiger partial charge in [0, 0.05) is 6.04 Å². The fourth-order valence-electron chi connectivity index (χ4n) is 2.60. The monoisotopic (exact) mass is 282 g/mol. The van der Waals surface area contributed by atoms with E-state index in [-0.39, 0.29) is 16.8 Å². The number of nitrogens with one attached hydrogen (secondary N) is 1. The number of anilines is 1. The second kappa shape index (κ2) is 4.47. The highest BCUT2D eigenvalue weighted by Gasteiger charge is 2.65.